The van der Waals surface area contributed by atoms with E-state index in [0.29, 0.717) is 5.69 Å². The van der Waals surface area contributed by atoms with Gasteiger partial charge >= 0.3 is 5.97 Å². The van der Waals surface area contributed by atoms with Crippen molar-refractivity contribution in [1.82, 2.24) is 16.1 Å². The second-order valence-corrected chi connectivity index (χ2v) is 6.54. The highest BCUT2D eigenvalue weighted by molar-refractivity contribution is 5.97. The van der Waals surface area contributed by atoms with Crippen LogP contribution in [0, 0.1) is 0 Å². The summed E-state index contributed by atoms with van der Waals surface area (Å²) in [6, 6.07) is 5.78. The Labute approximate surface area is 179 Å². The maximum Gasteiger partial charge on any atom is 0.303 e. The predicted molar refractivity (Wildman–Crippen MR) is 105 cm³/mol. The number of aliphatic carboxylic acids is 1. The van der Waals surface area contributed by atoms with Crippen molar-refractivity contribution >= 4 is 29.8 Å². The van der Waals surface area contributed by atoms with Crippen LogP contribution in [0.4, 0.5) is 23.2 Å². The number of hydrogen-bond donors (Lipinski definition) is 5. The zero-order valence-electron chi connectivity index (χ0n) is 16.4. The number of carboxylic acid groups (broad SMARTS) is 1. The molecule has 0 saturated heterocycles. The number of nitrogens with two attached hydrogens (primary N) is 1. The molecule has 6 N–H and O–H groups in total. The van der Waals surface area contributed by atoms with Gasteiger partial charge in [0.05, 0.1) is 12.2 Å². The molecule has 2 atom stereocenters. The van der Waals surface area contributed by atoms with Crippen LogP contribution in [-0.2, 0) is 9.59 Å². The summed E-state index contributed by atoms with van der Waals surface area (Å²) in [6.07, 6.45) is -3.27. The Bertz CT molecular complexity index is 998. The van der Waals surface area contributed by atoms with Crippen molar-refractivity contribution in [1.29, 1.82) is 0 Å². The predicted octanol–water partition coefficient (Wildman–Crippen LogP) is 1.61. The van der Waals surface area contributed by atoms with E-state index in [9.17, 15) is 31.9 Å². The van der Waals surface area contributed by atoms with Crippen molar-refractivity contribution in [3.05, 3.63) is 53.1 Å². The highest BCUT2D eigenvalue weighted by Crippen LogP contribution is 2.39. The first-order chi connectivity index (χ1) is 15.1. The number of alkyl halides is 2. The van der Waals surface area contributed by atoms with E-state index in [1.54, 1.807) is 6.07 Å². The molecule has 1 aliphatic carbocycles. The Balaban J connectivity index is 2.04. The molecule has 1 aliphatic rings. The topological polar surface area (TPSA) is 146 Å². The molecule has 0 bridgehead atoms. The molecule has 0 saturated carbocycles. The van der Waals surface area contributed by atoms with Gasteiger partial charge in [-0.05, 0) is 24.6 Å². The number of amides is 2. The van der Waals surface area contributed by atoms with Crippen molar-refractivity contribution in [3.63, 3.8) is 0 Å². The molecular formula is C19H19F4N5O4. The number of rotatable bonds is 9. The van der Waals surface area contributed by atoms with Gasteiger partial charge < -0.3 is 21.2 Å². The van der Waals surface area contributed by atoms with E-state index in [-0.39, 0.29) is 11.6 Å². The third kappa shape index (κ3) is 5.91. The first kappa shape index (κ1) is 24.5. The minimum Gasteiger partial charge on any atom is -0.481 e. The summed E-state index contributed by atoms with van der Waals surface area (Å²) in [4.78, 5) is 38.7. The van der Waals surface area contributed by atoms with Gasteiger partial charge in [0.25, 0.3) is 11.7 Å². The largest absolute Gasteiger partial charge is 0.481 e. The van der Waals surface area contributed by atoms with Crippen molar-refractivity contribution in [2.75, 3.05) is 6.54 Å². The lowest BCUT2D eigenvalue weighted by Gasteiger charge is -2.32. The summed E-state index contributed by atoms with van der Waals surface area (Å²) in [5.41, 5.74) is 1.66. The van der Waals surface area contributed by atoms with Gasteiger partial charge in [-0.15, -0.1) is 0 Å². The Hall–Kier alpha value is -3.74. The summed E-state index contributed by atoms with van der Waals surface area (Å²) in [5, 5.41) is 12.2. The maximum absolute atomic E-state index is 14.9. The molecule has 0 aliphatic heterocycles. The number of hydrogen-bond acceptors (Lipinski definition) is 5. The third-order valence-corrected chi connectivity index (χ3v) is 4.30. The molecule has 0 radical (unpaired) electrons. The van der Waals surface area contributed by atoms with Crippen LogP contribution in [0.3, 0.4) is 0 Å². The fourth-order valence-corrected chi connectivity index (χ4v) is 2.75. The molecule has 0 fully saturated rings. The normalized spacial score (nSPS) is 20.7. The number of halogens is 4. The lowest BCUT2D eigenvalue weighted by atomic mass is 9.91. The van der Waals surface area contributed by atoms with E-state index >= 15 is 0 Å². The molecule has 32 heavy (non-hydrogen) atoms. The standard InChI is InChI=1S/C19H19F4N5O4/c20-13-7-14(21)19(23,17(22)12(13)4-5-16(30)31)28-15(29)8-25-18(32)10-2-1-3-11(6-10)26-9-27-24/h1-3,6-7,9,17H,4-5,8,24H2,(H,25,32)(H,26,27)(H,28,29)(H,30,31). The molecule has 1 aromatic carbocycles. The molecule has 0 aromatic heterocycles. The third-order valence-electron chi connectivity index (χ3n) is 4.30. The van der Waals surface area contributed by atoms with E-state index < -0.39 is 66.4 Å². The van der Waals surface area contributed by atoms with E-state index in [1.165, 1.54) is 23.5 Å². The van der Waals surface area contributed by atoms with Gasteiger partial charge in [-0.1, -0.05) is 6.07 Å². The number of nitrogens with zero attached hydrogens (tertiary/aromatic N) is 1. The molecule has 2 amide bonds. The van der Waals surface area contributed by atoms with Crippen LogP contribution in [0.5, 0.6) is 0 Å². The lowest BCUT2D eigenvalue weighted by molar-refractivity contribution is -0.137. The van der Waals surface area contributed by atoms with Crippen molar-refractivity contribution < 1.29 is 37.1 Å². The maximum atomic E-state index is 14.9. The molecule has 9 nitrogen and oxygen atoms in total. The van der Waals surface area contributed by atoms with E-state index in [1.807, 2.05) is 0 Å². The van der Waals surface area contributed by atoms with Crippen LogP contribution in [0.2, 0.25) is 0 Å². The first-order valence-corrected chi connectivity index (χ1v) is 9.07. The highest BCUT2D eigenvalue weighted by Gasteiger charge is 2.51. The number of carbonyl (C=O) groups is 3. The van der Waals surface area contributed by atoms with Crippen molar-refractivity contribution in [3.8, 4) is 0 Å². The number of aliphatic imine (C=N–C) groups is 1. The first-order valence-electron chi connectivity index (χ1n) is 9.07. The molecule has 1 aromatic rings. The lowest BCUT2D eigenvalue weighted by Crippen LogP contribution is -2.56. The van der Waals surface area contributed by atoms with Gasteiger partial charge in [0, 0.05) is 23.6 Å². The van der Waals surface area contributed by atoms with E-state index in [2.05, 4.69) is 15.7 Å². The van der Waals surface area contributed by atoms with Gasteiger partial charge in [0.15, 0.2) is 12.0 Å². The van der Waals surface area contributed by atoms with Gasteiger partial charge in [-0.3, -0.25) is 14.4 Å². The average Bonchev–Trinajstić information content (AvgIpc) is 2.74. The van der Waals surface area contributed by atoms with Gasteiger partial charge in [-0.25, -0.2) is 28.4 Å². The summed E-state index contributed by atoms with van der Waals surface area (Å²) >= 11 is 0. The van der Waals surface area contributed by atoms with Crippen LogP contribution in [0.25, 0.3) is 0 Å². The number of benzene rings is 1. The summed E-state index contributed by atoms with van der Waals surface area (Å²) in [7, 11) is 0. The molecule has 2 unspecified atom stereocenters. The van der Waals surface area contributed by atoms with Crippen LogP contribution in [-0.4, -0.2) is 47.7 Å². The molecule has 0 spiro atoms. The number of carbonyl (C=O) groups excluding carboxylic acids is 2. The number of hydrazine groups is 1. The minimum atomic E-state index is -3.75. The molecular weight excluding hydrogens is 438 g/mol. The zero-order chi connectivity index (χ0) is 23.9. The van der Waals surface area contributed by atoms with Gasteiger partial charge in [-0.2, -0.15) is 0 Å². The molecule has 2 rings (SSSR count). The Morgan fingerprint density at radius 1 is 1.28 bits per heavy atom. The fraction of sp³-hybridized carbons (Fsp3) is 0.263. The van der Waals surface area contributed by atoms with Crippen LogP contribution >= 0.6 is 0 Å². The SMILES string of the molecule is NNC=Nc1cccc(C(=O)NCC(=O)NC2(F)C(F)=CC(F)=C(CCC(=O)O)C2F)c1. The van der Waals surface area contributed by atoms with E-state index in [0.717, 1.165) is 6.34 Å². The van der Waals surface area contributed by atoms with Crippen molar-refractivity contribution in [2.24, 2.45) is 10.8 Å². The molecule has 0 heterocycles. The van der Waals surface area contributed by atoms with Crippen LogP contribution < -0.4 is 21.9 Å². The van der Waals surface area contributed by atoms with Crippen LogP contribution in [0.1, 0.15) is 23.2 Å². The second-order valence-electron chi connectivity index (χ2n) is 6.54. The quantitative estimate of drug-likeness (QED) is 0.0951. The summed E-state index contributed by atoms with van der Waals surface area (Å²) in [6.45, 7) is -0.862. The Morgan fingerprint density at radius 3 is 2.66 bits per heavy atom. The summed E-state index contributed by atoms with van der Waals surface area (Å²) in [5.74, 6) is -5.59. The Morgan fingerprint density at radius 2 is 2.00 bits per heavy atom. The highest BCUT2D eigenvalue weighted by atomic mass is 19.2. The van der Waals surface area contributed by atoms with Crippen LogP contribution in [0.15, 0.2) is 52.6 Å². The van der Waals surface area contributed by atoms with Gasteiger partial charge in [0.1, 0.15) is 12.2 Å². The molecule has 172 valence electrons. The smallest absolute Gasteiger partial charge is 0.303 e. The van der Waals surface area contributed by atoms with Crippen molar-refractivity contribution in [2.45, 2.75) is 24.8 Å². The number of carboxylic acids is 1. The fourth-order valence-electron chi connectivity index (χ4n) is 2.75. The molecule has 13 heteroatoms. The zero-order valence-corrected chi connectivity index (χ0v) is 16.4. The second kappa shape index (κ2) is 10.5. The monoisotopic (exact) mass is 457 g/mol. The Kier molecular flexibility index (Phi) is 8.07. The summed E-state index contributed by atoms with van der Waals surface area (Å²) < 4.78 is 57.3. The average molecular weight is 457 g/mol. The minimum absolute atomic E-state index is 0.0361. The van der Waals surface area contributed by atoms with E-state index in [4.69, 9.17) is 10.9 Å². The number of allylic oxidation sites excluding steroid dienone is 2. The number of nitrogens with one attached hydrogen (secondary N) is 3. The van der Waals surface area contributed by atoms with Gasteiger partial charge in [0.2, 0.25) is 5.91 Å².